The van der Waals surface area contributed by atoms with E-state index < -0.39 is 27.5 Å². The Morgan fingerprint density at radius 2 is 1.79 bits per heavy atom. The number of hydrogen-bond donors (Lipinski definition) is 3. The molecular formula is C28H22F3N5O4S2. The zero-order chi connectivity index (χ0) is 30.0. The van der Waals surface area contributed by atoms with Gasteiger partial charge in [-0.1, -0.05) is 23.5 Å². The third-order valence-corrected chi connectivity index (χ3v) is 8.59. The quantitative estimate of drug-likeness (QED) is 0.182. The van der Waals surface area contributed by atoms with Gasteiger partial charge in [0.05, 0.1) is 29.6 Å². The summed E-state index contributed by atoms with van der Waals surface area (Å²) in [5, 5.41) is 12.9. The Balaban J connectivity index is 1.43. The fourth-order valence-corrected chi connectivity index (χ4v) is 6.47. The number of pyridine rings is 2. The van der Waals surface area contributed by atoms with Crippen LogP contribution in [0.25, 0.3) is 21.8 Å². The van der Waals surface area contributed by atoms with Crippen molar-refractivity contribution in [3.63, 3.8) is 0 Å². The van der Waals surface area contributed by atoms with Crippen LogP contribution >= 0.6 is 11.3 Å². The van der Waals surface area contributed by atoms with E-state index in [4.69, 9.17) is 4.74 Å². The minimum absolute atomic E-state index is 0.0132. The van der Waals surface area contributed by atoms with E-state index in [0.29, 0.717) is 22.6 Å². The lowest BCUT2D eigenvalue weighted by atomic mass is 10.1. The standard InChI is InChI=1S/C28H22F3N5O4S2/c1-15-11-18(33-13-17-5-3-7-22(40-2)25(17)37)14-34-27(15)42(38,39)36-28-35-23(16-8-9-19(29)21(31)12-16)26(41-28)24-20(30)6-4-10-32-24/h3-12,14,33,37H,13H2,1-2H3,(H,35,36). The van der Waals surface area contributed by atoms with Crippen LogP contribution in [0.2, 0.25) is 0 Å². The van der Waals surface area contributed by atoms with Crippen LogP contribution in [0.15, 0.2) is 72.0 Å². The topological polar surface area (TPSA) is 126 Å². The number of methoxy groups -OCH3 is 1. The van der Waals surface area contributed by atoms with E-state index in [2.05, 4.69) is 25.0 Å². The summed E-state index contributed by atoms with van der Waals surface area (Å²) < 4.78 is 76.4. The lowest BCUT2D eigenvalue weighted by Gasteiger charge is -2.12. The van der Waals surface area contributed by atoms with Crippen molar-refractivity contribution in [3.8, 4) is 33.3 Å². The number of aromatic hydroxyl groups is 1. The van der Waals surface area contributed by atoms with Crippen molar-refractivity contribution in [1.82, 2.24) is 15.0 Å². The first kappa shape index (κ1) is 28.8. The van der Waals surface area contributed by atoms with Crippen LogP contribution in [-0.2, 0) is 16.6 Å². The van der Waals surface area contributed by atoms with E-state index in [9.17, 15) is 26.7 Å². The predicted octanol–water partition coefficient (Wildman–Crippen LogP) is 6.12. The van der Waals surface area contributed by atoms with Crippen molar-refractivity contribution in [1.29, 1.82) is 0 Å². The number of sulfonamides is 1. The van der Waals surface area contributed by atoms with Gasteiger partial charge in [-0.3, -0.25) is 9.71 Å². The first-order valence-corrected chi connectivity index (χ1v) is 14.5. The Hall–Kier alpha value is -4.69. The number of nitrogens with zero attached hydrogens (tertiary/aromatic N) is 3. The summed E-state index contributed by atoms with van der Waals surface area (Å²) in [5.74, 6) is -2.63. The van der Waals surface area contributed by atoms with E-state index in [1.54, 1.807) is 31.2 Å². The highest BCUT2D eigenvalue weighted by atomic mass is 32.2. The van der Waals surface area contributed by atoms with E-state index in [1.807, 2.05) is 0 Å². The molecular weight excluding hydrogens is 591 g/mol. The molecule has 3 aromatic heterocycles. The van der Waals surface area contributed by atoms with Crippen LogP contribution in [-0.4, -0.2) is 35.6 Å². The summed E-state index contributed by atoms with van der Waals surface area (Å²) in [6.07, 6.45) is 2.66. The zero-order valence-electron chi connectivity index (χ0n) is 22.0. The van der Waals surface area contributed by atoms with Crippen LogP contribution in [0.4, 0.5) is 24.0 Å². The Kier molecular flexibility index (Phi) is 8.00. The Labute approximate surface area is 242 Å². The SMILES string of the molecule is COc1cccc(CNc2cnc(S(=O)(=O)Nc3nc(-c4ccc(F)c(F)c4)c(-c4ncccc4F)s3)c(C)c2)c1O. The molecule has 3 heterocycles. The molecule has 0 amide bonds. The number of phenols is 1. The molecule has 0 bridgehead atoms. The number of thiazole rings is 1. The molecule has 14 heteroatoms. The highest BCUT2D eigenvalue weighted by Gasteiger charge is 2.25. The molecule has 0 saturated carbocycles. The van der Waals surface area contributed by atoms with E-state index in [-0.39, 0.29) is 44.3 Å². The van der Waals surface area contributed by atoms with Gasteiger partial charge in [0.2, 0.25) is 0 Å². The van der Waals surface area contributed by atoms with Gasteiger partial charge >= 0.3 is 0 Å². The van der Waals surface area contributed by atoms with Gasteiger partial charge < -0.3 is 15.2 Å². The van der Waals surface area contributed by atoms with Crippen LogP contribution in [0.1, 0.15) is 11.1 Å². The second-order valence-electron chi connectivity index (χ2n) is 8.93. The van der Waals surface area contributed by atoms with Gasteiger partial charge in [-0.2, -0.15) is 8.42 Å². The number of hydrogen-bond acceptors (Lipinski definition) is 9. The molecule has 0 saturated heterocycles. The third-order valence-electron chi connectivity index (χ3n) is 6.09. The van der Waals surface area contributed by atoms with Crippen LogP contribution in [0, 0.1) is 24.4 Å². The highest BCUT2D eigenvalue weighted by molar-refractivity contribution is 7.92. The molecule has 0 aliphatic rings. The molecule has 3 N–H and O–H groups in total. The molecule has 2 aromatic carbocycles. The average molecular weight is 614 g/mol. The summed E-state index contributed by atoms with van der Waals surface area (Å²) in [6, 6.07) is 12.2. The summed E-state index contributed by atoms with van der Waals surface area (Å²) in [6.45, 7) is 1.77. The number of anilines is 2. The first-order valence-electron chi connectivity index (χ1n) is 12.2. The summed E-state index contributed by atoms with van der Waals surface area (Å²) in [4.78, 5) is 12.5. The molecule has 5 rings (SSSR count). The number of halogens is 3. The van der Waals surface area contributed by atoms with Crippen molar-refractivity contribution in [2.45, 2.75) is 18.5 Å². The van der Waals surface area contributed by atoms with Crippen LogP contribution in [0.3, 0.4) is 0 Å². The molecule has 0 atom stereocenters. The minimum Gasteiger partial charge on any atom is -0.504 e. The van der Waals surface area contributed by atoms with Crippen molar-refractivity contribution >= 4 is 32.2 Å². The number of nitrogens with one attached hydrogen (secondary N) is 2. The zero-order valence-corrected chi connectivity index (χ0v) is 23.7. The number of para-hydroxylation sites is 1. The second kappa shape index (κ2) is 11.7. The summed E-state index contributed by atoms with van der Waals surface area (Å²) in [7, 11) is -2.84. The van der Waals surface area contributed by atoms with E-state index in [0.717, 1.165) is 23.5 Å². The number of benzene rings is 2. The molecule has 0 fully saturated rings. The van der Waals surface area contributed by atoms with Crippen molar-refractivity contribution in [2.24, 2.45) is 0 Å². The third kappa shape index (κ3) is 5.85. The maximum absolute atomic E-state index is 14.7. The molecule has 216 valence electrons. The predicted molar refractivity (Wildman–Crippen MR) is 152 cm³/mol. The second-order valence-corrected chi connectivity index (χ2v) is 11.5. The molecule has 0 aliphatic carbocycles. The molecule has 0 unspecified atom stereocenters. The maximum Gasteiger partial charge on any atom is 0.281 e. The molecule has 5 aromatic rings. The monoisotopic (exact) mass is 613 g/mol. The van der Waals surface area contributed by atoms with E-state index in [1.165, 1.54) is 37.7 Å². The fourth-order valence-electron chi connectivity index (χ4n) is 4.09. The first-order chi connectivity index (χ1) is 20.1. The van der Waals surface area contributed by atoms with Crippen molar-refractivity contribution in [3.05, 3.63) is 95.6 Å². The minimum atomic E-state index is -4.28. The van der Waals surface area contributed by atoms with Crippen molar-refractivity contribution < 1.29 is 31.4 Å². The number of rotatable bonds is 9. The molecule has 42 heavy (non-hydrogen) atoms. The lowest BCUT2D eigenvalue weighted by molar-refractivity contribution is 0.371. The number of aromatic nitrogens is 3. The van der Waals surface area contributed by atoms with Gasteiger partial charge in [0.1, 0.15) is 11.5 Å². The molecule has 0 aliphatic heterocycles. The van der Waals surface area contributed by atoms with Crippen LogP contribution < -0.4 is 14.8 Å². The smallest absolute Gasteiger partial charge is 0.281 e. The average Bonchev–Trinajstić information content (AvgIpc) is 3.36. The van der Waals surface area contributed by atoms with Gasteiger partial charge in [0.25, 0.3) is 10.0 Å². The Bertz CT molecular complexity index is 1900. The fraction of sp³-hybridized carbons (Fsp3) is 0.107. The lowest BCUT2D eigenvalue weighted by Crippen LogP contribution is -2.16. The maximum atomic E-state index is 14.7. The van der Waals surface area contributed by atoms with Gasteiger partial charge in [0.15, 0.2) is 33.3 Å². The van der Waals surface area contributed by atoms with Gasteiger partial charge in [-0.15, -0.1) is 0 Å². The van der Waals surface area contributed by atoms with Crippen LogP contribution in [0.5, 0.6) is 11.5 Å². The normalized spacial score (nSPS) is 11.4. The Morgan fingerprint density at radius 1 is 0.976 bits per heavy atom. The molecule has 0 radical (unpaired) electrons. The van der Waals surface area contributed by atoms with Gasteiger partial charge in [-0.25, -0.2) is 23.1 Å². The Morgan fingerprint density at radius 3 is 2.50 bits per heavy atom. The number of ether oxygens (including phenoxy) is 1. The largest absolute Gasteiger partial charge is 0.504 e. The summed E-state index contributed by atoms with van der Waals surface area (Å²) >= 11 is 0.778. The summed E-state index contributed by atoms with van der Waals surface area (Å²) in [5.41, 5.74) is 1.34. The number of phenolic OH excluding ortho intramolecular Hbond substituents is 1. The molecule has 0 spiro atoms. The number of aryl methyl sites for hydroxylation is 1. The van der Waals surface area contributed by atoms with Gasteiger partial charge in [0, 0.05) is 23.9 Å². The molecule has 9 nitrogen and oxygen atoms in total. The highest BCUT2D eigenvalue weighted by Crippen LogP contribution is 2.40. The van der Waals surface area contributed by atoms with Crippen molar-refractivity contribution in [2.75, 3.05) is 17.1 Å². The van der Waals surface area contributed by atoms with E-state index >= 15 is 0 Å². The van der Waals surface area contributed by atoms with Gasteiger partial charge in [-0.05, 0) is 55.0 Å².